The van der Waals surface area contributed by atoms with Gasteiger partial charge in [-0.1, -0.05) is 13.8 Å². The number of ether oxygens (including phenoxy) is 2. The van der Waals surface area contributed by atoms with Crippen LogP contribution in [0, 0.1) is 0 Å². The third-order valence-electron chi connectivity index (χ3n) is 5.35. The number of hydrogen-bond donors (Lipinski definition) is 0. The Balaban J connectivity index is 1.63. The van der Waals surface area contributed by atoms with E-state index < -0.39 is 0 Å². The molecule has 3 rings (SSSR count). The van der Waals surface area contributed by atoms with E-state index in [1.807, 2.05) is 21.9 Å². The van der Waals surface area contributed by atoms with Crippen molar-refractivity contribution in [1.82, 2.24) is 9.80 Å². The summed E-state index contributed by atoms with van der Waals surface area (Å²) in [4.78, 5) is 29.8. The smallest absolute Gasteiger partial charge is 0.253 e. The topological polar surface area (TPSA) is 59.1 Å². The molecule has 0 unspecified atom stereocenters. The summed E-state index contributed by atoms with van der Waals surface area (Å²) in [5.41, 5.74) is 1.22. The van der Waals surface area contributed by atoms with E-state index in [4.69, 9.17) is 9.47 Å². The number of nitrogens with zero attached hydrogens (tertiary/aromatic N) is 2. The molecule has 0 aliphatic carbocycles. The van der Waals surface area contributed by atoms with Gasteiger partial charge in [0.25, 0.3) is 11.8 Å². The molecule has 6 nitrogen and oxygen atoms in total. The number of amides is 2. The highest BCUT2D eigenvalue weighted by Gasteiger charge is 2.24. The van der Waals surface area contributed by atoms with Gasteiger partial charge in [-0.25, -0.2) is 0 Å². The maximum atomic E-state index is 13.1. The third-order valence-corrected chi connectivity index (χ3v) is 6.59. The molecule has 1 saturated heterocycles. The maximum Gasteiger partial charge on any atom is 0.253 e. The monoisotopic (exact) mass is 580 g/mol. The van der Waals surface area contributed by atoms with Gasteiger partial charge in [-0.15, -0.1) is 0 Å². The number of halogens is 2. The Morgan fingerprint density at radius 2 is 1.18 bits per heavy atom. The number of carbonyl (C=O) groups is 2. The van der Waals surface area contributed by atoms with Gasteiger partial charge in [0.15, 0.2) is 0 Å². The molecule has 2 aromatic carbocycles. The Kier molecular flexibility index (Phi) is 9.62. The fourth-order valence-corrected chi connectivity index (χ4v) is 4.60. The summed E-state index contributed by atoms with van der Waals surface area (Å²) in [6.45, 7) is 7.58. The first kappa shape index (κ1) is 25.6. The molecule has 178 valence electrons. The zero-order valence-corrected chi connectivity index (χ0v) is 22.3. The first-order chi connectivity index (χ1) is 15.9. The molecule has 2 amide bonds. The van der Waals surface area contributed by atoms with Crippen LogP contribution in [0.2, 0.25) is 0 Å². The minimum atomic E-state index is -0.0350. The van der Waals surface area contributed by atoms with Crippen molar-refractivity contribution in [3.05, 3.63) is 56.5 Å². The highest BCUT2D eigenvalue weighted by Crippen LogP contribution is 2.28. The summed E-state index contributed by atoms with van der Waals surface area (Å²) in [5.74, 6) is 1.40. The number of benzene rings is 2. The predicted octanol–water partition coefficient (Wildman–Crippen LogP) is 5.78. The van der Waals surface area contributed by atoms with Crippen molar-refractivity contribution in [2.24, 2.45) is 0 Å². The van der Waals surface area contributed by atoms with Crippen molar-refractivity contribution in [3.63, 3.8) is 0 Å². The van der Waals surface area contributed by atoms with Gasteiger partial charge in [0, 0.05) is 37.3 Å². The molecule has 1 fully saturated rings. The van der Waals surface area contributed by atoms with E-state index in [0.29, 0.717) is 50.5 Å². The van der Waals surface area contributed by atoms with Crippen molar-refractivity contribution in [2.75, 3.05) is 39.4 Å². The SMILES string of the molecule is CCCOc1ccc(C(=O)N2CCCN(C(=O)c3ccc(OCCC)c(Br)c3)CC2)cc1Br. The molecule has 8 heteroatoms. The second-order valence-electron chi connectivity index (χ2n) is 7.93. The molecule has 0 aromatic heterocycles. The maximum absolute atomic E-state index is 13.1. The van der Waals surface area contributed by atoms with E-state index >= 15 is 0 Å². The minimum Gasteiger partial charge on any atom is -0.492 e. The van der Waals surface area contributed by atoms with Crippen LogP contribution in [0.5, 0.6) is 11.5 Å². The molecule has 0 saturated carbocycles. The van der Waals surface area contributed by atoms with Crippen LogP contribution in [0.25, 0.3) is 0 Å². The first-order valence-corrected chi connectivity index (χ1v) is 13.0. The molecule has 0 radical (unpaired) electrons. The fourth-order valence-electron chi connectivity index (χ4n) is 3.61. The Labute approximate surface area is 212 Å². The van der Waals surface area contributed by atoms with Crippen molar-refractivity contribution in [2.45, 2.75) is 33.1 Å². The Morgan fingerprint density at radius 3 is 1.55 bits per heavy atom. The van der Waals surface area contributed by atoms with E-state index in [9.17, 15) is 9.59 Å². The van der Waals surface area contributed by atoms with E-state index in [1.54, 1.807) is 24.3 Å². The molecule has 0 N–H and O–H groups in total. The quantitative estimate of drug-likeness (QED) is 0.397. The van der Waals surface area contributed by atoms with Gasteiger partial charge in [0.2, 0.25) is 0 Å². The average molecular weight is 582 g/mol. The van der Waals surface area contributed by atoms with Crippen LogP contribution >= 0.6 is 31.9 Å². The van der Waals surface area contributed by atoms with Gasteiger partial charge in [0.05, 0.1) is 22.2 Å². The van der Waals surface area contributed by atoms with Crippen molar-refractivity contribution in [3.8, 4) is 11.5 Å². The van der Waals surface area contributed by atoms with Gasteiger partial charge in [-0.05, 0) is 87.5 Å². The van der Waals surface area contributed by atoms with E-state index in [-0.39, 0.29) is 11.8 Å². The zero-order chi connectivity index (χ0) is 23.8. The lowest BCUT2D eigenvalue weighted by molar-refractivity contribution is 0.0718. The van der Waals surface area contributed by atoms with Crippen molar-refractivity contribution >= 4 is 43.7 Å². The normalized spacial score (nSPS) is 14.1. The van der Waals surface area contributed by atoms with E-state index in [0.717, 1.165) is 39.7 Å². The van der Waals surface area contributed by atoms with Crippen LogP contribution in [0.4, 0.5) is 0 Å². The largest absolute Gasteiger partial charge is 0.492 e. The lowest BCUT2D eigenvalue weighted by Crippen LogP contribution is -2.37. The number of carbonyl (C=O) groups excluding carboxylic acids is 2. The van der Waals surface area contributed by atoms with E-state index in [2.05, 4.69) is 45.7 Å². The molecule has 1 heterocycles. The van der Waals surface area contributed by atoms with Gasteiger partial charge in [-0.3, -0.25) is 9.59 Å². The summed E-state index contributed by atoms with van der Waals surface area (Å²) in [6.07, 6.45) is 2.57. The second kappa shape index (κ2) is 12.4. The highest BCUT2D eigenvalue weighted by atomic mass is 79.9. The molecule has 1 aliphatic rings. The molecule has 0 atom stereocenters. The molecular formula is C25H30Br2N2O4. The molecule has 0 bridgehead atoms. The van der Waals surface area contributed by atoms with Crippen LogP contribution in [-0.2, 0) is 0 Å². The van der Waals surface area contributed by atoms with E-state index in [1.165, 1.54) is 0 Å². The average Bonchev–Trinajstić information content (AvgIpc) is 3.08. The molecular weight excluding hydrogens is 552 g/mol. The molecule has 1 aliphatic heterocycles. The lowest BCUT2D eigenvalue weighted by Gasteiger charge is -2.23. The summed E-state index contributed by atoms with van der Waals surface area (Å²) >= 11 is 7.01. The van der Waals surface area contributed by atoms with Crippen LogP contribution in [0.3, 0.4) is 0 Å². The molecule has 0 spiro atoms. The molecule has 33 heavy (non-hydrogen) atoms. The predicted molar refractivity (Wildman–Crippen MR) is 136 cm³/mol. The second-order valence-corrected chi connectivity index (χ2v) is 9.63. The summed E-state index contributed by atoms with van der Waals surface area (Å²) in [5, 5.41) is 0. The van der Waals surface area contributed by atoms with Crippen LogP contribution in [0.1, 0.15) is 53.8 Å². The first-order valence-electron chi connectivity index (χ1n) is 11.4. The highest BCUT2D eigenvalue weighted by molar-refractivity contribution is 9.10. The number of hydrogen-bond acceptors (Lipinski definition) is 4. The van der Waals surface area contributed by atoms with Crippen LogP contribution in [-0.4, -0.2) is 61.0 Å². The Bertz CT molecular complexity index is 905. The Hall–Kier alpha value is -2.06. The lowest BCUT2D eigenvalue weighted by atomic mass is 10.2. The summed E-state index contributed by atoms with van der Waals surface area (Å²) in [6, 6.07) is 10.9. The standard InChI is InChI=1S/C25H30Br2N2O4/c1-3-14-32-22-8-6-18(16-20(22)26)24(30)28-10-5-11-29(13-12-28)25(31)19-7-9-23(21(27)17-19)33-15-4-2/h6-9,16-17H,3-5,10-15H2,1-2H3. The number of rotatable bonds is 8. The van der Waals surface area contributed by atoms with Crippen molar-refractivity contribution < 1.29 is 19.1 Å². The van der Waals surface area contributed by atoms with Crippen LogP contribution in [0.15, 0.2) is 45.3 Å². The zero-order valence-electron chi connectivity index (χ0n) is 19.1. The fraction of sp³-hybridized carbons (Fsp3) is 0.440. The van der Waals surface area contributed by atoms with Gasteiger partial charge >= 0.3 is 0 Å². The van der Waals surface area contributed by atoms with Crippen LogP contribution < -0.4 is 9.47 Å². The molecule has 2 aromatic rings. The van der Waals surface area contributed by atoms with Gasteiger partial charge in [-0.2, -0.15) is 0 Å². The van der Waals surface area contributed by atoms with Gasteiger partial charge < -0.3 is 19.3 Å². The minimum absolute atomic E-state index is 0.0350. The summed E-state index contributed by atoms with van der Waals surface area (Å²) < 4.78 is 12.9. The Morgan fingerprint density at radius 1 is 0.758 bits per heavy atom. The summed E-state index contributed by atoms with van der Waals surface area (Å²) in [7, 11) is 0. The van der Waals surface area contributed by atoms with Gasteiger partial charge in [0.1, 0.15) is 11.5 Å². The van der Waals surface area contributed by atoms with Crippen molar-refractivity contribution in [1.29, 1.82) is 0 Å². The third kappa shape index (κ3) is 6.73.